The molecule has 1 aliphatic heterocycles. The highest BCUT2D eigenvalue weighted by Crippen LogP contribution is 2.36. The SMILES string of the molecule is CNC(=O)CNC1(C)CN(c2ncc(-c3n[nH]c4ccc(O[C@H](C)c5c(Cl)cncc5Cl)cc34)cc2F)C1. The number of rotatable bonds is 8. The first kappa shape index (κ1) is 26.1. The predicted octanol–water partition coefficient (Wildman–Crippen LogP) is 4.52. The highest BCUT2D eigenvalue weighted by atomic mass is 35.5. The van der Waals surface area contributed by atoms with E-state index in [0.29, 0.717) is 45.7 Å². The third kappa shape index (κ3) is 5.11. The number of anilines is 1. The van der Waals surface area contributed by atoms with Crippen molar-refractivity contribution in [1.82, 2.24) is 30.8 Å². The van der Waals surface area contributed by atoms with Crippen LogP contribution in [0.5, 0.6) is 5.75 Å². The van der Waals surface area contributed by atoms with Crippen molar-refractivity contribution in [2.24, 2.45) is 0 Å². The molecule has 1 atom stereocenters. The maximum absolute atomic E-state index is 15.2. The molecule has 0 saturated carbocycles. The Balaban J connectivity index is 1.34. The van der Waals surface area contributed by atoms with Crippen molar-refractivity contribution < 1.29 is 13.9 Å². The molecule has 1 fully saturated rings. The number of halogens is 3. The summed E-state index contributed by atoms with van der Waals surface area (Å²) in [7, 11) is 1.59. The Morgan fingerprint density at radius 1 is 1.24 bits per heavy atom. The molecule has 38 heavy (non-hydrogen) atoms. The number of aromatic nitrogens is 4. The van der Waals surface area contributed by atoms with Crippen LogP contribution in [0.3, 0.4) is 0 Å². The standard InChI is InChI=1S/C26H26Cl2FN7O2/c1-14(23-18(27)9-31-10-19(23)28)38-16-4-5-21-17(7-16)24(35-34-21)15-6-20(29)25(32-8-15)36-12-26(2,13-36)33-11-22(37)30-3/h4-10,14,33H,11-13H2,1-3H3,(H,30,37)(H,34,35)/t14-/m1/s1. The minimum absolute atomic E-state index is 0.0995. The van der Waals surface area contributed by atoms with Crippen molar-refractivity contribution in [3.05, 3.63) is 64.3 Å². The van der Waals surface area contributed by atoms with E-state index in [4.69, 9.17) is 27.9 Å². The van der Waals surface area contributed by atoms with Crippen molar-refractivity contribution in [2.75, 3.05) is 31.6 Å². The summed E-state index contributed by atoms with van der Waals surface area (Å²) >= 11 is 12.6. The summed E-state index contributed by atoms with van der Waals surface area (Å²) in [4.78, 5) is 21.7. The summed E-state index contributed by atoms with van der Waals surface area (Å²) < 4.78 is 21.3. The molecule has 1 aliphatic rings. The number of carbonyl (C=O) groups is 1. The van der Waals surface area contributed by atoms with Crippen LogP contribution in [0.25, 0.3) is 22.2 Å². The molecule has 4 heterocycles. The highest BCUT2D eigenvalue weighted by Gasteiger charge is 2.40. The summed E-state index contributed by atoms with van der Waals surface area (Å²) in [5.41, 5.74) is 2.20. The van der Waals surface area contributed by atoms with Crippen LogP contribution in [-0.2, 0) is 4.79 Å². The number of nitrogens with zero attached hydrogens (tertiary/aromatic N) is 4. The normalized spacial score (nSPS) is 15.3. The van der Waals surface area contributed by atoms with Gasteiger partial charge in [-0.1, -0.05) is 23.2 Å². The quantitative estimate of drug-likeness (QED) is 0.292. The molecule has 1 saturated heterocycles. The van der Waals surface area contributed by atoms with E-state index < -0.39 is 11.9 Å². The van der Waals surface area contributed by atoms with Crippen molar-refractivity contribution in [3.63, 3.8) is 0 Å². The molecule has 0 spiro atoms. The van der Waals surface area contributed by atoms with Gasteiger partial charge in [0.15, 0.2) is 11.6 Å². The van der Waals surface area contributed by atoms with Gasteiger partial charge in [-0.15, -0.1) is 0 Å². The lowest BCUT2D eigenvalue weighted by atomic mass is 9.92. The first-order chi connectivity index (χ1) is 18.2. The molecule has 0 aliphatic carbocycles. The van der Waals surface area contributed by atoms with Gasteiger partial charge in [0.25, 0.3) is 0 Å². The fourth-order valence-electron chi connectivity index (χ4n) is 4.59. The van der Waals surface area contributed by atoms with Crippen LogP contribution in [0.4, 0.5) is 10.2 Å². The third-order valence-electron chi connectivity index (χ3n) is 6.57. The fraction of sp³-hybridized carbons (Fsp3) is 0.308. The molecule has 3 aromatic heterocycles. The van der Waals surface area contributed by atoms with Gasteiger partial charge >= 0.3 is 0 Å². The molecule has 198 valence electrons. The molecular weight excluding hydrogens is 532 g/mol. The highest BCUT2D eigenvalue weighted by molar-refractivity contribution is 6.35. The molecule has 1 aromatic carbocycles. The second-order valence-corrected chi connectivity index (χ2v) is 10.3. The maximum atomic E-state index is 15.2. The summed E-state index contributed by atoms with van der Waals surface area (Å²) in [6, 6.07) is 6.91. The Morgan fingerprint density at radius 2 is 1.97 bits per heavy atom. The minimum Gasteiger partial charge on any atom is -0.486 e. The van der Waals surface area contributed by atoms with E-state index in [0.717, 1.165) is 10.9 Å². The zero-order chi connectivity index (χ0) is 27.0. The van der Waals surface area contributed by atoms with E-state index in [1.165, 1.54) is 18.5 Å². The second-order valence-electron chi connectivity index (χ2n) is 9.53. The number of H-pyrrole nitrogens is 1. The van der Waals surface area contributed by atoms with Gasteiger partial charge in [-0.2, -0.15) is 5.10 Å². The molecule has 4 aromatic rings. The number of nitrogens with one attached hydrogen (secondary N) is 3. The first-order valence-electron chi connectivity index (χ1n) is 12.0. The van der Waals surface area contributed by atoms with Gasteiger partial charge in [0.1, 0.15) is 17.5 Å². The number of carbonyl (C=O) groups excluding carboxylic acids is 1. The average Bonchev–Trinajstić information content (AvgIpc) is 3.29. The van der Waals surface area contributed by atoms with Gasteiger partial charge in [-0.25, -0.2) is 9.37 Å². The molecule has 1 amide bonds. The Morgan fingerprint density at radius 3 is 2.66 bits per heavy atom. The molecule has 3 N–H and O–H groups in total. The number of aromatic amines is 1. The van der Waals surface area contributed by atoms with Gasteiger partial charge in [0, 0.05) is 55.2 Å². The van der Waals surface area contributed by atoms with E-state index >= 15 is 4.39 Å². The van der Waals surface area contributed by atoms with Crippen molar-refractivity contribution >= 4 is 45.8 Å². The van der Waals surface area contributed by atoms with E-state index in [-0.39, 0.29) is 23.8 Å². The number of hydrogen-bond donors (Lipinski definition) is 3. The van der Waals surface area contributed by atoms with Crippen LogP contribution in [0.15, 0.2) is 42.9 Å². The molecule has 0 unspecified atom stereocenters. The minimum atomic E-state index is -0.449. The van der Waals surface area contributed by atoms with Crippen LogP contribution < -0.4 is 20.3 Å². The summed E-state index contributed by atoms with van der Waals surface area (Å²) in [5.74, 6) is 0.287. The number of benzene rings is 1. The third-order valence-corrected chi connectivity index (χ3v) is 7.18. The van der Waals surface area contributed by atoms with E-state index in [9.17, 15) is 4.79 Å². The summed E-state index contributed by atoms with van der Waals surface area (Å²) in [6.07, 6.45) is 4.21. The fourth-order valence-corrected chi connectivity index (χ4v) is 5.26. The molecule has 0 radical (unpaired) electrons. The number of fused-ring (bicyclic) bond motifs is 1. The van der Waals surface area contributed by atoms with Crippen LogP contribution in [0.2, 0.25) is 10.0 Å². The first-order valence-corrected chi connectivity index (χ1v) is 12.7. The van der Waals surface area contributed by atoms with Crippen LogP contribution in [0.1, 0.15) is 25.5 Å². The number of likely N-dealkylation sites (N-methyl/N-ethyl adjacent to an activating group) is 1. The Bertz CT molecular complexity index is 1490. The zero-order valence-electron chi connectivity index (χ0n) is 21.0. The molecule has 12 heteroatoms. The van der Waals surface area contributed by atoms with Crippen molar-refractivity contribution in [3.8, 4) is 17.0 Å². The monoisotopic (exact) mass is 557 g/mol. The maximum Gasteiger partial charge on any atom is 0.233 e. The smallest absolute Gasteiger partial charge is 0.233 e. The van der Waals surface area contributed by atoms with Crippen molar-refractivity contribution in [1.29, 1.82) is 0 Å². The molecule has 9 nitrogen and oxygen atoms in total. The zero-order valence-corrected chi connectivity index (χ0v) is 22.5. The van der Waals surface area contributed by atoms with Crippen LogP contribution in [0, 0.1) is 5.82 Å². The lowest BCUT2D eigenvalue weighted by molar-refractivity contribution is -0.120. The van der Waals surface area contributed by atoms with E-state index in [1.54, 1.807) is 13.2 Å². The van der Waals surface area contributed by atoms with Gasteiger partial charge in [-0.05, 0) is 38.1 Å². The van der Waals surface area contributed by atoms with E-state index in [2.05, 4.69) is 30.8 Å². The molecule has 5 rings (SSSR count). The van der Waals surface area contributed by atoms with Gasteiger partial charge in [0.2, 0.25) is 5.91 Å². The van der Waals surface area contributed by atoms with Crippen LogP contribution in [-0.4, -0.2) is 58.3 Å². The number of amides is 1. The summed E-state index contributed by atoms with van der Waals surface area (Å²) in [6.45, 7) is 5.10. The largest absolute Gasteiger partial charge is 0.486 e. The summed E-state index contributed by atoms with van der Waals surface area (Å²) in [5, 5.41) is 14.7. The Hall–Kier alpha value is -3.47. The lowest BCUT2D eigenvalue weighted by Gasteiger charge is -2.49. The topological polar surface area (TPSA) is 108 Å². The van der Waals surface area contributed by atoms with Crippen LogP contribution >= 0.6 is 23.2 Å². The van der Waals surface area contributed by atoms with Gasteiger partial charge in [0.05, 0.1) is 27.6 Å². The number of hydrogen-bond acceptors (Lipinski definition) is 7. The molecule has 0 bridgehead atoms. The second kappa shape index (κ2) is 10.4. The van der Waals surface area contributed by atoms with Crippen molar-refractivity contribution in [2.45, 2.75) is 25.5 Å². The van der Waals surface area contributed by atoms with E-state index in [1.807, 2.05) is 36.9 Å². The Kier molecular flexibility index (Phi) is 7.13. The molecular formula is C26H26Cl2FN7O2. The lowest BCUT2D eigenvalue weighted by Crippen LogP contribution is -2.68. The number of pyridine rings is 2. The van der Waals surface area contributed by atoms with Gasteiger partial charge < -0.3 is 15.0 Å². The predicted molar refractivity (Wildman–Crippen MR) is 145 cm³/mol. The average molecular weight is 558 g/mol. The van der Waals surface area contributed by atoms with Gasteiger partial charge in [-0.3, -0.25) is 20.2 Å². The number of ether oxygens (including phenoxy) is 1. The Labute approximate surface area is 228 Å².